The van der Waals surface area contributed by atoms with Gasteiger partial charge in [-0.05, 0) is 70.9 Å². The number of fused-ring (bicyclic) bond motifs is 2. The molecule has 5 rings (SSSR count). The summed E-state index contributed by atoms with van der Waals surface area (Å²) < 4.78 is 26.8. The van der Waals surface area contributed by atoms with Crippen molar-refractivity contribution in [1.82, 2.24) is 19.2 Å². The summed E-state index contributed by atoms with van der Waals surface area (Å²) >= 11 is 0. The Hall–Kier alpha value is -4.87. The number of para-hydroxylation sites is 1. The summed E-state index contributed by atoms with van der Waals surface area (Å²) in [4.78, 5) is 28.3. The number of rotatable bonds is 16. The van der Waals surface area contributed by atoms with Crippen LogP contribution in [0.3, 0.4) is 0 Å². The number of benzene rings is 3. The summed E-state index contributed by atoms with van der Waals surface area (Å²) in [5, 5.41) is 18.3. The van der Waals surface area contributed by atoms with Gasteiger partial charge >= 0.3 is 12.1 Å². The Bertz CT molecular complexity index is 2000. The van der Waals surface area contributed by atoms with Crippen molar-refractivity contribution in [2.24, 2.45) is 0 Å². The molecule has 0 unspecified atom stereocenters. The van der Waals surface area contributed by atoms with Crippen LogP contribution in [0.25, 0.3) is 32.8 Å². The zero-order valence-corrected chi connectivity index (χ0v) is 31.5. The molecule has 1 amide bonds. The quantitative estimate of drug-likeness (QED) is 0.0824. The molecule has 0 fully saturated rings. The minimum Gasteiger partial charge on any atom is -0.493 e. The lowest BCUT2D eigenvalue weighted by molar-refractivity contribution is 0.0294. The number of hydrogen-bond acceptors (Lipinski definition) is 8. The maximum absolute atomic E-state index is 13.9. The van der Waals surface area contributed by atoms with E-state index in [4.69, 9.17) is 24.0 Å². The van der Waals surface area contributed by atoms with Crippen molar-refractivity contribution in [3.8, 4) is 16.9 Å². The van der Waals surface area contributed by atoms with Gasteiger partial charge in [0.25, 0.3) is 0 Å². The van der Waals surface area contributed by atoms with Gasteiger partial charge < -0.3 is 33.5 Å². The third-order valence-electron chi connectivity index (χ3n) is 9.02. The molecule has 5 aromatic rings. The number of methoxy groups -OCH3 is 1. The number of aromatic nitrogens is 3. The molecule has 0 aliphatic carbocycles. The summed E-state index contributed by atoms with van der Waals surface area (Å²) in [6, 6.07) is 20.2. The minimum atomic E-state index is -0.615. The van der Waals surface area contributed by atoms with E-state index in [1.807, 2.05) is 79.4 Å². The molecule has 278 valence electrons. The minimum absolute atomic E-state index is 0.221. The maximum atomic E-state index is 13.9. The molecule has 0 atom stereocenters. The molecule has 2 aromatic heterocycles. The largest absolute Gasteiger partial charge is 0.493 e. The summed E-state index contributed by atoms with van der Waals surface area (Å²) in [5.41, 5.74) is 4.67. The molecule has 11 heteroatoms. The van der Waals surface area contributed by atoms with Gasteiger partial charge in [-0.3, -0.25) is 4.68 Å². The first-order valence-corrected chi connectivity index (χ1v) is 18.0. The molecule has 11 nitrogen and oxygen atoms in total. The summed E-state index contributed by atoms with van der Waals surface area (Å²) in [6.45, 7) is 11.5. The van der Waals surface area contributed by atoms with Crippen LogP contribution in [0.15, 0.2) is 60.7 Å². The lowest BCUT2D eigenvalue weighted by Crippen LogP contribution is -2.35. The van der Waals surface area contributed by atoms with E-state index in [1.54, 1.807) is 26.0 Å². The van der Waals surface area contributed by atoms with Crippen LogP contribution in [0.2, 0.25) is 0 Å². The van der Waals surface area contributed by atoms with Crippen LogP contribution < -0.4 is 4.74 Å². The SMILES string of the molecule is CCOC(=O)c1c(CCCOc2cccc3ccccc23)c2cccc(-c3c(CO)nn(CCOC)c3C)c2n1CCCN(C)C(=O)OC(C)(C)C. The Kier molecular flexibility index (Phi) is 12.6. The fourth-order valence-electron chi connectivity index (χ4n) is 6.71. The molecule has 0 spiro atoms. The highest BCUT2D eigenvalue weighted by atomic mass is 16.6. The molecular weight excluding hydrogens is 660 g/mol. The number of carbonyl (C=O) groups excluding carboxylic acids is 2. The number of aliphatic hydroxyl groups is 1. The van der Waals surface area contributed by atoms with Gasteiger partial charge in [0.15, 0.2) is 0 Å². The van der Waals surface area contributed by atoms with Gasteiger partial charge in [-0.25, -0.2) is 9.59 Å². The topological polar surface area (TPSA) is 117 Å². The molecular formula is C41H52N4O7. The second kappa shape index (κ2) is 17.1. The van der Waals surface area contributed by atoms with E-state index in [2.05, 4.69) is 18.2 Å². The molecule has 0 saturated carbocycles. The molecule has 0 saturated heterocycles. The fraction of sp³-hybridized carbons (Fsp3) is 0.439. The van der Waals surface area contributed by atoms with Gasteiger partial charge in [-0.15, -0.1) is 0 Å². The van der Waals surface area contributed by atoms with E-state index >= 15 is 0 Å². The standard InChI is InChI=1S/C41H52N4O7/c1-8-50-39(47)38-32(20-13-25-51-35-21-11-16-29-15-9-10-17-30(29)35)31-18-12-19-33(36-28(2)45(24-26-49-7)42-34(36)27-46)37(31)44(38)23-14-22-43(6)40(48)52-41(3,4)5/h9-12,15-19,21,46H,8,13-14,20,22-27H2,1-7H3. The van der Waals surface area contributed by atoms with Crippen LogP contribution in [-0.2, 0) is 40.3 Å². The van der Waals surface area contributed by atoms with E-state index in [-0.39, 0.29) is 13.2 Å². The van der Waals surface area contributed by atoms with E-state index in [0.717, 1.165) is 49.8 Å². The van der Waals surface area contributed by atoms with Gasteiger partial charge in [0.05, 0.1) is 44.2 Å². The van der Waals surface area contributed by atoms with Gasteiger partial charge in [-0.1, -0.05) is 54.6 Å². The van der Waals surface area contributed by atoms with Crippen LogP contribution in [0.4, 0.5) is 4.79 Å². The highest BCUT2D eigenvalue weighted by Gasteiger charge is 2.28. The van der Waals surface area contributed by atoms with Crippen LogP contribution in [0.5, 0.6) is 5.75 Å². The first-order chi connectivity index (χ1) is 25.0. The lowest BCUT2D eigenvalue weighted by atomic mass is 9.98. The lowest BCUT2D eigenvalue weighted by Gasteiger charge is -2.24. The predicted molar refractivity (Wildman–Crippen MR) is 203 cm³/mol. The second-order valence-electron chi connectivity index (χ2n) is 13.9. The number of esters is 1. The Balaban J connectivity index is 1.57. The third kappa shape index (κ3) is 8.59. The monoisotopic (exact) mass is 712 g/mol. The van der Waals surface area contributed by atoms with Crippen molar-refractivity contribution in [2.75, 3.05) is 40.5 Å². The van der Waals surface area contributed by atoms with Crippen molar-refractivity contribution >= 4 is 33.7 Å². The highest BCUT2D eigenvalue weighted by Crippen LogP contribution is 2.39. The van der Waals surface area contributed by atoms with E-state index in [0.29, 0.717) is 63.5 Å². The van der Waals surface area contributed by atoms with E-state index in [9.17, 15) is 14.7 Å². The van der Waals surface area contributed by atoms with Gasteiger partial charge in [0.2, 0.25) is 0 Å². The van der Waals surface area contributed by atoms with E-state index in [1.165, 1.54) is 0 Å². The zero-order chi connectivity index (χ0) is 37.4. The number of aryl methyl sites for hydroxylation is 2. The number of carbonyl (C=O) groups is 2. The molecule has 52 heavy (non-hydrogen) atoms. The maximum Gasteiger partial charge on any atom is 0.410 e. The first kappa shape index (κ1) is 38.4. The summed E-state index contributed by atoms with van der Waals surface area (Å²) in [6.07, 6.45) is 1.34. The average Bonchev–Trinajstić information content (AvgIpc) is 3.61. The van der Waals surface area contributed by atoms with Crippen LogP contribution >= 0.6 is 0 Å². The second-order valence-corrected chi connectivity index (χ2v) is 13.9. The molecule has 0 aliphatic rings. The summed E-state index contributed by atoms with van der Waals surface area (Å²) in [7, 11) is 3.36. The van der Waals surface area contributed by atoms with Gasteiger partial charge in [0.1, 0.15) is 17.0 Å². The molecule has 0 bridgehead atoms. The van der Waals surface area contributed by atoms with Crippen molar-refractivity contribution in [3.63, 3.8) is 0 Å². The molecule has 1 N–H and O–H groups in total. The van der Waals surface area contributed by atoms with Crippen molar-refractivity contribution in [3.05, 3.63) is 83.3 Å². The molecule has 2 heterocycles. The van der Waals surface area contributed by atoms with E-state index < -0.39 is 17.7 Å². The number of amides is 1. The Morgan fingerprint density at radius 3 is 2.40 bits per heavy atom. The third-order valence-corrected chi connectivity index (χ3v) is 9.02. The molecule has 3 aromatic carbocycles. The Labute approximate surface area is 306 Å². The molecule has 0 aliphatic heterocycles. The van der Waals surface area contributed by atoms with Crippen LogP contribution in [0.1, 0.15) is 68.0 Å². The Morgan fingerprint density at radius 1 is 0.942 bits per heavy atom. The average molecular weight is 713 g/mol. The van der Waals surface area contributed by atoms with Crippen LogP contribution in [-0.4, -0.2) is 82.5 Å². The van der Waals surface area contributed by atoms with Gasteiger partial charge in [0, 0.05) is 54.8 Å². The number of aliphatic hydroxyl groups excluding tert-OH is 1. The van der Waals surface area contributed by atoms with Crippen LogP contribution in [0, 0.1) is 6.92 Å². The number of hydrogen-bond donors (Lipinski definition) is 1. The highest BCUT2D eigenvalue weighted by molar-refractivity contribution is 6.05. The number of nitrogens with zero attached hydrogens (tertiary/aromatic N) is 4. The fourth-order valence-corrected chi connectivity index (χ4v) is 6.71. The van der Waals surface area contributed by atoms with Crippen molar-refractivity contribution in [1.29, 1.82) is 0 Å². The number of ether oxygens (including phenoxy) is 4. The van der Waals surface area contributed by atoms with Crippen molar-refractivity contribution in [2.45, 2.75) is 79.2 Å². The predicted octanol–water partition coefficient (Wildman–Crippen LogP) is 7.55. The zero-order valence-electron chi connectivity index (χ0n) is 31.5. The first-order valence-electron chi connectivity index (χ1n) is 18.0. The molecule has 0 radical (unpaired) electrons. The Morgan fingerprint density at radius 2 is 1.67 bits per heavy atom. The normalized spacial score (nSPS) is 11.7. The summed E-state index contributed by atoms with van der Waals surface area (Å²) in [5.74, 6) is 0.407. The smallest absolute Gasteiger partial charge is 0.410 e. The van der Waals surface area contributed by atoms with Gasteiger partial charge in [-0.2, -0.15) is 5.10 Å². The van der Waals surface area contributed by atoms with Crippen molar-refractivity contribution < 1.29 is 33.6 Å².